The first-order chi connectivity index (χ1) is 7.11. The Hall–Kier alpha value is -1.31. The van der Waals surface area contributed by atoms with Crippen LogP contribution in [0.2, 0.25) is 0 Å². The maximum Gasteiger partial charge on any atom is 0.422 e. The Kier molecular flexibility index (Phi) is 3.13. The molecule has 0 radical (unpaired) electrons. The van der Waals surface area contributed by atoms with Crippen LogP contribution < -0.4 is 4.18 Å². The van der Waals surface area contributed by atoms with E-state index in [0.29, 0.717) is 12.3 Å². The summed E-state index contributed by atoms with van der Waals surface area (Å²) in [5, 5.41) is 0. The van der Waals surface area contributed by atoms with Gasteiger partial charge in [0.25, 0.3) is 0 Å². The Morgan fingerprint density at radius 3 is 2.25 bits per heavy atom. The highest BCUT2D eigenvalue weighted by molar-refractivity contribution is 7.86. The minimum absolute atomic E-state index is 0.567. The van der Waals surface area contributed by atoms with E-state index in [1.165, 1.54) is 0 Å². The molecule has 0 fully saturated rings. The summed E-state index contributed by atoms with van der Waals surface area (Å²) in [6.07, 6.45) is -4.45. The maximum atomic E-state index is 12.9. The van der Waals surface area contributed by atoms with Crippen molar-refractivity contribution in [1.82, 2.24) is 0 Å². The van der Waals surface area contributed by atoms with Crippen molar-refractivity contribution in [2.75, 3.05) is 6.26 Å². The van der Waals surface area contributed by atoms with Crippen molar-refractivity contribution in [3.05, 3.63) is 29.6 Å². The van der Waals surface area contributed by atoms with E-state index in [0.717, 1.165) is 12.1 Å². The van der Waals surface area contributed by atoms with Gasteiger partial charge in [0.2, 0.25) is 0 Å². The molecular weight excluding hydrogens is 252 g/mol. The SMILES string of the molecule is CS(=O)(=O)Oc1cccc(F)c1C(F)(F)F. The van der Waals surface area contributed by atoms with E-state index in [2.05, 4.69) is 4.18 Å². The molecule has 0 spiro atoms. The molecule has 0 amide bonds. The van der Waals surface area contributed by atoms with Crippen LogP contribution in [0.4, 0.5) is 17.6 Å². The average molecular weight is 258 g/mol. The average Bonchev–Trinajstić information content (AvgIpc) is 1.97. The van der Waals surface area contributed by atoms with Crippen molar-refractivity contribution in [2.45, 2.75) is 6.18 Å². The predicted octanol–water partition coefficient (Wildman–Crippen LogP) is 2.18. The Bertz CT molecular complexity index is 492. The second-order valence-electron chi connectivity index (χ2n) is 2.90. The summed E-state index contributed by atoms with van der Waals surface area (Å²) in [6.45, 7) is 0. The van der Waals surface area contributed by atoms with Crippen molar-refractivity contribution >= 4 is 10.1 Å². The smallest absolute Gasteiger partial charge is 0.382 e. The summed E-state index contributed by atoms with van der Waals surface area (Å²) in [5.41, 5.74) is -1.74. The van der Waals surface area contributed by atoms with Crippen LogP contribution >= 0.6 is 0 Å². The monoisotopic (exact) mass is 258 g/mol. The minimum atomic E-state index is -5.02. The van der Waals surface area contributed by atoms with Gasteiger partial charge in [-0.25, -0.2) is 4.39 Å². The zero-order chi connectivity index (χ0) is 12.6. The van der Waals surface area contributed by atoms with E-state index in [9.17, 15) is 26.0 Å². The van der Waals surface area contributed by atoms with Crippen LogP contribution in [0.3, 0.4) is 0 Å². The normalized spacial score (nSPS) is 12.6. The second kappa shape index (κ2) is 3.93. The molecule has 0 aliphatic heterocycles. The van der Waals surface area contributed by atoms with Crippen LogP contribution in [0.25, 0.3) is 0 Å². The number of hydrogen-bond donors (Lipinski definition) is 0. The third-order valence-corrected chi connectivity index (χ3v) is 1.98. The van der Waals surface area contributed by atoms with Crippen molar-refractivity contribution < 1.29 is 30.2 Å². The van der Waals surface area contributed by atoms with E-state index in [-0.39, 0.29) is 0 Å². The Morgan fingerprint density at radius 2 is 1.81 bits per heavy atom. The molecule has 1 aromatic rings. The quantitative estimate of drug-likeness (QED) is 0.603. The van der Waals surface area contributed by atoms with E-state index >= 15 is 0 Å². The first-order valence-corrected chi connectivity index (χ1v) is 5.68. The highest BCUT2D eigenvalue weighted by Crippen LogP contribution is 2.38. The van der Waals surface area contributed by atoms with Gasteiger partial charge in [-0.3, -0.25) is 0 Å². The fourth-order valence-corrected chi connectivity index (χ4v) is 1.48. The van der Waals surface area contributed by atoms with Crippen molar-refractivity contribution in [3.8, 4) is 5.75 Å². The molecule has 0 N–H and O–H groups in total. The molecule has 0 aliphatic rings. The zero-order valence-corrected chi connectivity index (χ0v) is 8.69. The van der Waals surface area contributed by atoms with Gasteiger partial charge in [0.15, 0.2) is 5.75 Å². The minimum Gasteiger partial charge on any atom is -0.382 e. The van der Waals surface area contributed by atoms with Gasteiger partial charge in [0.05, 0.1) is 6.26 Å². The molecule has 3 nitrogen and oxygen atoms in total. The zero-order valence-electron chi connectivity index (χ0n) is 7.88. The van der Waals surface area contributed by atoms with Gasteiger partial charge in [0, 0.05) is 0 Å². The molecule has 0 saturated heterocycles. The molecule has 0 unspecified atom stereocenters. The summed E-state index contributed by atoms with van der Waals surface area (Å²) in [7, 11) is -4.14. The summed E-state index contributed by atoms with van der Waals surface area (Å²) >= 11 is 0. The Balaban J connectivity index is 3.35. The Labute approximate surface area is 88.8 Å². The molecule has 1 rings (SSSR count). The first kappa shape index (κ1) is 12.8. The van der Waals surface area contributed by atoms with E-state index in [4.69, 9.17) is 0 Å². The molecule has 0 saturated carbocycles. The van der Waals surface area contributed by atoms with Crippen LogP contribution in [0, 0.1) is 5.82 Å². The molecule has 16 heavy (non-hydrogen) atoms. The molecular formula is C8H6F4O3S. The lowest BCUT2D eigenvalue weighted by Crippen LogP contribution is -2.14. The Morgan fingerprint density at radius 1 is 1.25 bits per heavy atom. The van der Waals surface area contributed by atoms with Gasteiger partial charge in [-0.05, 0) is 12.1 Å². The summed E-state index contributed by atoms with van der Waals surface area (Å²) in [6, 6.07) is 2.22. The number of rotatable bonds is 2. The largest absolute Gasteiger partial charge is 0.422 e. The van der Waals surface area contributed by atoms with Gasteiger partial charge >= 0.3 is 16.3 Å². The van der Waals surface area contributed by atoms with Crippen molar-refractivity contribution in [1.29, 1.82) is 0 Å². The summed E-state index contributed by atoms with van der Waals surface area (Å²) < 4.78 is 75.4. The third kappa shape index (κ3) is 3.09. The number of halogens is 4. The topological polar surface area (TPSA) is 43.4 Å². The molecule has 0 aromatic heterocycles. The molecule has 0 heterocycles. The third-order valence-electron chi connectivity index (χ3n) is 1.50. The molecule has 0 bridgehead atoms. The highest BCUT2D eigenvalue weighted by Gasteiger charge is 2.38. The van der Waals surface area contributed by atoms with Gasteiger partial charge < -0.3 is 4.18 Å². The van der Waals surface area contributed by atoms with Crippen molar-refractivity contribution in [3.63, 3.8) is 0 Å². The number of benzene rings is 1. The molecule has 90 valence electrons. The van der Waals surface area contributed by atoms with Crippen molar-refractivity contribution in [2.24, 2.45) is 0 Å². The van der Waals surface area contributed by atoms with E-state index < -0.39 is 33.4 Å². The van der Waals surface area contributed by atoms with Gasteiger partial charge in [-0.15, -0.1) is 0 Å². The molecule has 1 aromatic carbocycles. The lowest BCUT2D eigenvalue weighted by Gasteiger charge is -2.12. The fourth-order valence-electron chi connectivity index (χ4n) is 1.01. The maximum absolute atomic E-state index is 12.9. The fraction of sp³-hybridized carbons (Fsp3) is 0.250. The lowest BCUT2D eigenvalue weighted by atomic mass is 10.2. The van der Waals surface area contributed by atoms with Crippen LogP contribution in [-0.4, -0.2) is 14.7 Å². The van der Waals surface area contributed by atoms with E-state index in [1.807, 2.05) is 0 Å². The first-order valence-electron chi connectivity index (χ1n) is 3.86. The van der Waals surface area contributed by atoms with Crippen LogP contribution in [0.15, 0.2) is 18.2 Å². The van der Waals surface area contributed by atoms with Crippen LogP contribution in [0.5, 0.6) is 5.75 Å². The number of alkyl halides is 3. The van der Waals surface area contributed by atoms with Crippen LogP contribution in [0.1, 0.15) is 5.56 Å². The lowest BCUT2D eigenvalue weighted by molar-refractivity contribution is -0.140. The summed E-state index contributed by atoms with van der Waals surface area (Å²) in [4.78, 5) is 0. The standard InChI is InChI=1S/C8H6F4O3S/c1-16(13,14)15-6-4-2-3-5(9)7(6)8(10,11)12/h2-4H,1H3. The predicted molar refractivity (Wildman–Crippen MR) is 46.9 cm³/mol. The second-order valence-corrected chi connectivity index (χ2v) is 4.47. The van der Waals surface area contributed by atoms with Gasteiger partial charge in [-0.2, -0.15) is 21.6 Å². The summed E-state index contributed by atoms with van der Waals surface area (Å²) in [5.74, 6) is -2.66. The van der Waals surface area contributed by atoms with Gasteiger partial charge in [-0.1, -0.05) is 6.07 Å². The molecule has 0 atom stereocenters. The van der Waals surface area contributed by atoms with Crippen LogP contribution in [-0.2, 0) is 16.3 Å². The number of hydrogen-bond acceptors (Lipinski definition) is 3. The van der Waals surface area contributed by atoms with E-state index in [1.54, 1.807) is 0 Å². The van der Waals surface area contributed by atoms with Gasteiger partial charge in [0.1, 0.15) is 11.4 Å². The molecule has 8 heteroatoms. The highest BCUT2D eigenvalue weighted by atomic mass is 32.2. The molecule has 0 aliphatic carbocycles.